The molecule has 3 aromatic rings. The summed E-state index contributed by atoms with van der Waals surface area (Å²) in [4.78, 5) is 15.7. The Kier molecular flexibility index (Phi) is 12.0. The number of guanidine groups is 1. The van der Waals surface area contributed by atoms with E-state index in [4.69, 9.17) is 15.5 Å². The van der Waals surface area contributed by atoms with E-state index in [0.29, 0.717) is 12.3 Å². The van der Waals surface area contributed by atoms with E-state index in [1.54, 1.807) is 0 Å². The third-order valence-electron chi connectivity index (χ3n) is 5.19. The van der Waals surface area contributed by atoms with Gasteiger partial charge in [-0.15, -0.1) is 24.0 Å². The number of aliphatic imine (C=N–C) groups is 1. The van der Waals surface area contributed by atoms with Crippen molar-refractivity contribution in [2.24, 2.45) is 10.7 Å². The molecule has 3 aromatic carbocycles. The molecule has 0 bridgehead atoms. The third-order valence-corrected chi connectivity index (χ3v) is 5.19. The average Bonchev–Trinajstić information content (AvgIpc) is 2.85. The highest BCUT2D eigenvalue weighted by Gasteiger charge is 2.13. The lowest BCUT2D eigenvalue weighted by Gasteiger charge is -2.18. The number of rotatable bonds is 11. The summed E-state index contributed by atoms with van der Waals surface area (Å²) in [6.45, 7) is 4.13. The maximum Gasteiger partial charge on any atom is 0.255 e. The molecule has 0 heterocycles. The van der Waals surface area contributed by atoms with Crippen LogP contribution in [0.5, 0.6) is 5.75 Å². The van der Waals surface area contributed by atoms with Gasteiger partial charge in [0.2, 0.25) is 0 Å². The Balaban J connectivity index is 0.00000408. The molecule has 0 aromatic heterocycles. The zero-order valence-electron chi connectivity index (χ0n) is 19.4. The second kappa shape index (κ2) is 15.0. The van der Waals surface area contributed by atoms with Crippen LogP contribution < -0.4 is 21.1 Å². The number of amides is 1. The number of nitrogens with two attached hydrogens (primary N) is 1. The van der Waals surface area contributed by atoms with E-state index in [1.807, 2.05) is 36.4 Å². The van der Waals surface area contributed by atoms with Gasteiger partial charge in [0.05, 0.1) is 6.54 Å². The molecule has 6 nitrogen and oxygen atoms in total. The molecule has 7 heteroatoms. The number of primary amides is 1. The van der Waals surface area contributed by atoms with Crippen LogP contribution in [0.2, 0.25) is 0 Å². The number of hydrogen-bond acceptors (Lipinski definition) is 3. The predicted octanol–water partition coefficient (Wildman–Crippen LogP) is 4.10. The van der Waals surface area contributed by atoms with E-state index < -0.39 is 5.91 Å². The first-order valence-corrected chi connectivity index (χ1v) is 11.3. The van der Waals surface area contributed by atoms with Gasteiger partial charge in [-0.1, -0.05) is 72.8 Å². The molecule has 0 unspecified atom stereocenters. The van der Waals surface area contributed by atoms with Crippen LogP contribution in [0.4, 0.5) is 0 Å². The second-order valence-corrected chi connectivity index (χ2v) is 7.67. The zero-order chi connectivity index (χ0) is 23.3. The molecular formula is C27H33IN4O2. The normalized spacial score (nSPS) is 10.9. The van der Waals surface area contributed by atoms with Crippen molar-refractivity contribution < 1.29 is 9.53 Å². The first kappa shape index (κ1) is 27.2. The van der Waals surface area contributed by atoms with Crippen LogP contribution in [-0.4, -0.2) is 38.1 Å². The van der Waals surface area contributed by atoms with Crippen LogP contribution in [0.15, 0.2) is 89.9 Å². The van der Waals surface area contributed by atoms with Gasteiger partial charge in [0.25, 0.3) is 5.91 Å². The fourth-order valence-corrected chi connectivity index (χ4v) is 3.53. The van der Waals surface area contributed by atoms with Crippen molar-refractivity contribution in [3.05, 3.63) is 102 Å². The van der Waals surface area contributed by atoms with Crippen molar-refractivity contribution in [1.29, 1.82) is 0 Å². The van der Waals surface area contributed by atoms with Gasteiger partial charge in [0.15, 0.2) is 12.6 Å². The molecule has 1 amide bonds. The van der Waals surface area contributed by atoms with Crippen molar-refractivity contribution in [2.45, 2.75) is 19.3 Å². The van der Waals surface area contributed by atoms with Crippen LogP contribution in [-0.2, 0) is 11.2 Å². The summed E-state index contributed by atoms with van der Waals surface area (Å²) in [5.41, 5.74) is 8.78. The van der Waals surface area contributed by atoms with Crippen LogP contribution in [0.25, 0.3) is 0 Å². The summed E-state index contributed by atoms with van der Waals surface area (Å²) in [5, 5.41) is 6.77. The van der Waals surface area contributed by atoms with Crippen molar-refractivity contribution >= 4 is 35.8 Å². The molecule has 0 atom stereocenters. The van der Waals surface area contributed by atoms with Gasteiger partial charge in [-0.3, -0.25) is 9.79 Å². The standard InChI is InChI=1S/C27H32N4O2.HI/c1-2-29-27(30-18-17-21-13-15-24(16-14-21)33-20-26(28)32)31-19-25(22-9-5-3-6-10-22)23-11-7-4-8-12-23;/h3-16,25H,2,17-20H2,1H3,(H2,28,32)(H2,29,30,31);1H. The Labute approximate surface area is 219 Å². The number of nitrogens with zero attached hydrogens (tertiary/aromatic N) is 1. The van der Waals surface area contributed by atoms with Crippen LogP contribution in [0.1, 0.15) is 29.5 Å². The Morgan fingerprint density at radius 3 is 2.03 bits per heavy atom. The molecule has 0 radical (unpaired) electrons. The lowest BCUT2D eigenvalue weighted by atomic mass is 9.91. The van der Waals surface area contributed by atoms with Gasteiger partial charge >= 0.3 is 0 Å². The van der Waals surface area contributed by atoms with E-state index in [-0.39, 0.29) is 36.5 Å². The van der Waals surface area contributed by atoms with E-state index >= 15 is 0 Å². The van der Waals surface area contributed by atoms with Gasteiger partial charge in [0.1, 0.15) is 5.75 Å². The number of halogens is 1. The summed E-state index contributed by atoms with van der Waals surface area (Å²) in [5.74, 6) is 1.14. The monoisotopic (exact) mass is 572 g/mol. The predicted molar refractivity (Wildman–Crippen MR) is 149 cm³/mol. The van der Waals surface area contributed by atoms with Gasteiger partial charge < -0.3 is 21.1 Å². The summed E-state index contributed by atoms with van der Waals surface area (Å²) in [6, 6.07) is 28.7. The lowest BCUT2D eigenvalue weighted by Crippen LogP contribution is -2.38. The van der Waals surface area contributed by atoms with Crippen molar-refractivity contribution in [3.63, 3.8) is 0 Å². The van der Waals surface area contributed by atoms with Crippen molar-refractivity contribution in [2.75, 3.05) is 26.2 Å². The van der Waals surface area contributed by atoms with Gasteiger partial charge in [0, 0.05) is 19.0 Å². The highest BCUT2D eigenvalue weighted by molar-refractivity contribution is 14.0. The lowest BCUT2D eigenvalue weighted by molar-refractivity contribution is -0.119. The van der Waals surface area contributed by atoms with E-state index in [9.17, 15) is 4.79 Å². The molecule has 0 aliphatic rings. The molecular weight excluding hydrogens is 539 g/mol. The van der Waals surface area contributed by atoms with Crippen LogP contribution in [0.3, 0.4) is 0 Å². The van der Waals surface area contributed by atoms with Crippen LogP contribution >= 0.6 is 24.0 Å². The highest BCUT2D eigenvalue weighted by atomic mass is 127. The largest absolute Gasteiger partial charge is 0.484 e. The second-order valence-electron chi connectivity index (χ2n) is 7.67. The fourth-order valence-electron chi connectivity index (χ4n) is 3.53. The smallest absolute Gasteiger partial charge is 0.255 e. The minimum Gasteiger partial charge on any atom is -0.484 e. The number of benzene rings is 3. The maximum atomic E-state index is 10.8. The third kappa shape index (κ3) is 9.05. The molecule has 4 N–H and O–H groups in total. The average molecular weight is 572 g/mol. The van der Waals surface area contributed by atoms with Crippen molar-refractivity contribution in [3.8, 4) is 5.75 Å². The molecule has 0 saturated carbocycles. The van der Waals surface area contributed by atoms with Gasteiger partial charge in [-0.05, 0) is 42.2 Å². The fraction of sp³-hybridized carbons (Fsp3) is 0.259. The summed E-state index contributed by atoms with van der Waals surface area (Å²) < 4.78 is 5.31. The molecule has 0 fully saturated rings. The SMILES string of the molecule is CCNC(=NCC(c1ccccc1)c1ccccc1)NCCc1ccc(OCC(N)=O)cc1.I. The number of ether oxygens (including phenoxy) is 1. The van der Waals surface area contributed by atoms with Gasteiger partial charge in [-0.2, -0.15) is 0 Å². The van der Waals surface area contributed by atoms with E-state index in [1.165, 1.54) is 11.1 Å². The van der Waals surface area contributed by atoms with E-state index in [2.05, 4.69) is 66.1 Å². The topological polar surface area (TPSA) is 88.7 Å². The maximum absolute atomic E-state index is 10.8. The molecule has 0 aliphatic heterocycles. The Hall–Kier alpha value is -3.07. The number of hydrogen-bond donors (Lipinski definition) is 3. The summed E-state index contributed by atoms with van der Waals surface area (Å²) in [7, 11) is 0. The van der Waals surface area contributed by atoms with Crippen LogP contribution in [0, 0.1) is 0 Å². The number of nitrogens with one attached hydrogen (secondary N) is 2. The summed E-state index contributed by atoms with van der Waals surface area (Å²) >= 11 is 0. The Morgan fingerprint density at radius 1 is 0.912 bits per heavy atom. The first-order valence-electron chi connectivity index (χ1n) is 11.3. The van der Waals surface area contributed by atoms with Crippen molar-refractivity contribution in [1.82, 2.24) is 10.6 Å². The highest BCUT2D eigenvalue weighted by Crippen LogP contribution is 2.24. The molecule has 3 rings (SSSR count). The zero-order valence-corrected chi connectivity index (χ0v) is 21.8. The quantitative estimate of drug-likeness (QED) is 0.184. The molecule has 180 valence electrons. The Bertz CT molecular complexity index is 972. The number of carbonyl (C=O) groups is 1. The molecule has 0 saturated heterocycles. The summed E-state index contributed by atoms with van der Waals surface area (Å²) in [6.07, 6.45) is 0.835. The number of carbonyl (C=O) groups excluding carboxylic acids is 1. The molecule has 0 spiro atoms. The van der Waals surface area contributed by atoms with E-state index in [0.717, 1.165) is 31.0 Å². The molecule has 34 heavy (non-hydrogen) atoms. The Morgan fingerprint density at radius 2 is 1.50 bits per heavy atom. The van der Waals surface area contributed by atoms with Gasteiger partial charge in [-0.25, -0.2) is 0 Å². The minimum atomic E-state index is -0.486. The minimum absolute atomic E-state index is 0. The molecule has 0 aliphatic carbocycles. The first-order chi connectivity index (χ1) is 16.2.